The highest BCUT2D eigenvalue weighted by Gasteiger charge is 2.49. The van der Waals surface area contributed by atoms with E-state index in [4.69, 9.17) is 9.47 Å². The molecule has 1 fully saturated rings. The first-order valence-electron chi connectivity index (χ1n) is 7.26. The summed E-state index contributed by atoms with van der Waals surface area (Å²) in [5.41, 5.74) is 0. The fourth-order valence-corrected chi connectivity index (χ4v) is 3.43. The Kier molecular flexibility index (Phi) is 5.36. The van der Waals surface area contributed by atoms with Gasteiger partial charge >= 0.3 is 0 Å². The zero-order valence-corrected chi connectivity index (χ0v) is 12.5. The number of allylic oxidation sites excluding steroid dienone is 2. The van der Waals surface area contributed by atoms with E-state index < -0.39 is 17.8 Å². The molecule has 6 nitrogen and oxygen atoms in total. The molecule has 2 aliphatic rings. The minimum absolute atomic E-state index is 0.0120. The molecule has 21 heavy (non-hydrogen) atoms. The average Bonchev–Trinajstić information content (AvgIpc) is 3.07. The van der Waals surface area contributed by atoms with Crippen LogP contribution >= 0.6 is 0 Å². The molecule has 1 saturated carbocycles. The van der Waals surface area contributed by atoms with Crippen molar-refractivity contribution in [2.24, 2.45) is 23.7 Å². The van der Waals surface area contributed by atoms with Gasteiger partial charge in [-0.25, -0.2) is 0 Å². The van der Waals surface area contributed by atoms with Gasteiger partial charge in [-0.3, -0.25) is 4.79 Å². The number of carbonyl (C=O) groups excluding carboxylic acids is 2. The fourth-order valence-electron chi connectivity index (χ4n) is 3.43. The maximum atomic E-state index is 12.8. The van der Waals surface area contributed by atoms with E-state index >= 15 is 0 Å². The van der Waals surface area contributed by atoms with Crippen molar-refractivity contribution in [1.29, 1.82) is 0 Å². The molecule has 2 rings (SSSR count). The van der Waals surface area contributed by atoms with Gasteiger partial charge in [0.1, 0.15) is 0 Å². The monoisotopic (exact) mass is 296 g/mol. The number of methoxy groups -OCH3 is 2. The Morgan fingerprint density at radius 1 is 1.10 bits per heavy atom. The average molecular weight is 296 g/mol. The van der Waals surface area contributed by atoms with Crippen LogP contribution in [-0.2, 0) is 19.1 Å². The highest BCUT2D eigenvalue weighted by atomic mass is 16.5. The van der Waals surface area contributed by atoms with Crippen LogP contribution in [0.3, 0.4) is 0 Å². The number of carbonyl (C=O) groups is 2. The lowest BCUT2D eigenvalue weighted by molar-refractivity contribution is -0.313. The zero-order valence-electron chi connectivity index (χ0n) is 12.5. The first-order valence-corrected chi connectivity index (χ1v) is 7.26. The van der Waals surface area contributed by atoms with Gasteiger partial charge in [-0.2, -0.15) is 0 Å². The predicted octanol–water partition coefficient (Wildman–Crippen LogP) is -0.704. The van der Waals surface area contributed by atoms with Crippen molar-refractivity contribution in [3.63, 3.8) is 0 Å². The summed E-state index contributed by atoms with van der Waals surface area (Å²) in [6.45, 7) is 1.72. The van der Waals surface area contributed by atoms with Crippen molar-refractivity contribution in [1.82, 2.24) is 4.90 Å². The Hall–Kier alpha value is -1.40. The van der Waals surface area contributed by atoms with Gasteiger partial charge in [0.05, 0.1) is 19.1 Å². The first kappa shape index (κ1) is 16.0. The minimum atomic E-state index is -1.12. The van der Waals surface area contributed by atoms with E-state index in [1.54, 1.807) is 19.1 Å². The highest BCUT2D eigenvalue weighted by Crippen LogP contribution is 2.48. The molecule has 0 spiro atoms. The number of hydrogen-bond acceptors (Lipinski definition) is 5. The topological polar surface area (TPSA) is 78.9 Å². The molecule has 2 bridgehead atoms. The maximum Gasteiger partial charge on any atom is 0.227 e. The first-order chi connectivity index (χ1) is 10.1. The molecule has 0 radical (unpaired) electrons. The van der Waals surface area contributed by atoms with Crippen molar-refractivity contribution in [3.05, 3.63) is 12.2 Å². The molecule has 0 N–H and O–H groups in total. The maximum absolute atomic E-state index is 12.8. The zero-order chi connectivity index (χ0) is 15.4. The van der Waals surface area contributed by atoms with E-state index in [2.05, 4.69) is 0 Å². The lowest BCUT2D eigenvalue weighted by Gasteiger charge is -2.33. The fraction of sp³-hybridized carbons (Fsp3) is 0.733. The van der Waals surface area contributed by atoms with Crippen LogP contribution in [0.25, 0.3) is 0 Å². The number of fused-ring (bicyclic) bond motifs is 2. The molecule has 2 aliphatic carbocycles. The largest absolute Gasteiger partial charge is 0.550 e. The van der Waals surface area contributed by atoms with Crippen LogP contribution in [0.5, 0.6) is 0 Å². The number of carboxylic acid groups (broad SMARTS) is 1. The summed E-state index contributed by atoms with van der Waals surface area (Å²) in [4.78, 5) is 25.8. The predicted molar refractivity (Wildman–Crippen MR) is 73.1 cm³/mol. The molecule has 0 aromatic heterocycles. The van der Waals surface area contributed by atoms with Gasteiger partial charge in [0, 0.05) is 39.2 Å². The summed E-state index contributed by atoms with van der Waals surface area (Å²) in [6, 6.07) is 0. The van der Waals surface area contributed by atoms with Crippen LogP contribution in [-0.4, -0.2) is 57.3 Å². The van der Waals surface area contributed by atoms with Crippen LogP contribution in [0.4, 0.5) is 0 Å². The van der Waals surface area contributed by atoms with E-state index in [1.807, 2.05) is 12.2 Å². The molecular formula is C15H22NO5-. The van der Waals surface area contributed by atoms with Gasteiger partial charge in [0.15, 0.2) is 0 Å². The second kappa shape index (κ2) is 7.04. The molecule has 0 aromatic rings. The SMILES string of the molecule is COCCN(CCOC)C(=O)[C@@H]1[C@H](C(=O)[O-])[C@H]2C=C[C@@H]1C2. The molecule has 0 saturated heterocycles. The third-order valence-corrected chi connectivity index (χ3v) is 4.46. The molecule has 0 aliphatic heterocycles. The summed E-state index contributed by atoms with van der Waals surface area (Å²) >= 11 is 0. The summed E-state index contributed by atoms with van der Waals surface area (Å²) in [6.07, 6.45) is 4.61. The summed E-state index contributed by atoms with van der Waals surface area (Å²) in [7, 11) is 3.15. The van der Waals surface area contributed by atoms with Crippen LogP contribution in [0, 0.1) is 23.7 Å². The number of ether oxygens (including phenoxy) is 2. The Morgan fingerprint density at radius 2 is 1.62 bits per heavy atom. The minimum Gasteiger partial charge on any atom is -0.550 e. The molecule has 0 aromatic carbocycles. The smallest absolute Gasteiger partial charge is 0.227 e. The Balaban J connectivity index is 2.11. The van der Waals surface area contributed by atoms with E-state index in [1.165, 1.54) is 0 Å². The Bertz CT molecular complexity index is 414. The van der Waals surface area contributed by atoms with Crippen molar-refractivity contribution >= 4 is 11.9 Å². The molecule has 0 unspecified atom stereocenters. The third-order valence-electron chi connectivity index (χ3n) is 4.46. The van der Waals surface area contributed by atoms with Gasteiger partial charge < -0.3 is 24.3 Å². The van der Waals surface area contributed by atoms with Gasteiger partial charge in [-0.05, 0) is 18.3 Å². The highest BCUT2D eigenvalue weighted by molar-refractivity contribution is 5.86. The van der Waals surface area contributed by atoms with Crippen molar-refractivity contribution in [3.8, 4) is 0 Å². The molecular weight excluding hydrogens is 274 g/mol. The van der Waals surface area contributed by atoms with Crippen LogP contribution < -0.4 is 5.11 Å². The molecule has 4 atom stereocenters. The Labute approximate surface area is 124 Å². The standard InChI is InChI=1S/C15H23NO5/c1-20-7-5-16(6-8-21-2)14(17)12-10-3-4-11(9-10)13(12)15(18)19/h3-4,10-13H,5-9H2,1-2H3,(H,18,19)/p-1/t10-,11+,12+,13-/m1/s1. The van der Waals surface area contributed by atoms with Crippen LogP contribution in [0.2, 0.25) is 0 Å². The molecule has 1 amide bonds. The van der Waals surface area contributed by atoms with Gasteiger partial charge in [0.25, 0.3) is 0 Å². The normalized spacial score (nSPS) is 29.8. The van der Waals surface area contributed by atoms with Gasteiger partial charge in [0.2, 0.25) is 5.91 Å². The summed E-state index contributed by atoms with van der Waals surface area (Å²) < 4.78 is 10.0. The Morgan fingerprint density at radius 3 is 2.10 bits per heavy atom. The van der Waals surface area contributed by atoms with Gasteiger partial charge in [-0.1, -0.05) is 12.2 Å². The third kappa shape index (κ3) is 3.27. The van der Waals surface area contributed by atoms with E-state index in [-0.39, 0.29) is 17.7 Å². The van der Waals surface area contributed by atoms with E-state index in [0.717, 1.165) is 6.42 Å². The van der Waals surface area contributed by atoms with Crippen LogP contribution in [0.1, 0.15) is 6.42 Å². The molecule has 118 valence electrons. The second-order valence-electron chi connectivity index (χ2n) is 5.63. The molecule has 0 heterocycles. The summed E-state index contributed by atoms with van der Waals surface area (Å²) in [5.74, 6) is -2.53. The number of amides is 1. The van der Waals surface area contributed by atoms with Crippen molar-refractivity contribution < 1.29 is 24.2 Å². The van der Waals surface area contributed by atoms with E-state index in [0.29, 0.717) is 26.3 Å². The lowest BCUT2D eigenvalue weighted by Crippen LogP contribution is -2.48. The quantitative estimate of drug-likeness (QED) is 0.553. The van der Waals surface area contributed by atoms with Crippen molar-refractivity contribution in [2.45, 2.75) is 6.42 Å². The number of carboxylic acids is 1. The lowest BCUT2D eigenvalue weighted by atomic mass is 9.82. The number of nitrogens with zero attached hydrogens (tertiary/aromatic N) is 1. The second-order valence-corrected chi connectivity index (χ2v) is 5.63. The summed E-state index contributed by atoms with van der Waals surface area (Å²) in [5, 5.41) is 11.4. The number of aliphatic carboxylic acids is 1. The van der Waals surface area contributed by atoms with E-state index in [9.17, 15) is 14.7 Å². The number of rotatable bonds is 8. The van der Waals surface area contributed by atoms with Crippen LogP contribution in [0.15, 0.2) is 12.2 Å². The molecule has 6 heteroatoms. The van der Waals surface area contributed by atoms with Crippen molar-refractivity contribution in [2.75, 3.05) is 40.5 Å². The number of hydrogen-bond donors (Lipinski definition) is 0. The van der Waals surface area contributed by atoms with Gasteiger partial charge in [-0.15, -0.1) is 0 Å².